The molecule has 0 spiro atoms. The van der Waals surface area contributed by atoms with Gasteiger partial charge in [0.25, 0.3) is 5.56 Å². The number of nitrogens with two attached hydrogens (primary N) is 1. The topological polar surface area (TPSA) is 263 Å². The maximum atomic E-state index is 12.8. The molecule has 2 bridgehead atoms. The van der Waals surface area contributed by atoms with Crippen molar-refractivity contribution >= 4 is 71.3 Å². The van der Waals surface area contributed by atoms with Crippen LogP contribution in [0.4, 0.5) is 5.95 Å². The Morgan fingerprint density at radius 3 is 2.28 bits per heavy atom. The fourth-order valence-corrected chi connectivity index (χ4v) is 20.5. The van der Waals surface area contributed by atoms with E-state index in [2.05, 4.69) is 30.2 Å². The molecule has 0 aromatic carbocycles. The zero-order valence-corrected chi connectivity index (χ0v) is 38.3. The Morgan fingerprint density at radius 1 is 0.982 bits per heavy atom. The number of nitrogens with zero attached hydrogens (tertiary/aromatic N) is 6. The minimum atomic E-state index is -4.21. The van der Waals surface area contributed by atoms with Gasteiger partial charge in [-0.15, -0.1) is 5.10 Å². The molecule has 1 aliphatic carbocycles. The Balaban J connectivity index is 1.43. The van der Waals surface area contributed by atoms with Gasteiger partial charge < -0.3 is 51.9 Å². The molecule has 3 aromatic rings. The maximum Gasteiger partial charge on any atom is 0.335 e. The van der Waals surface area contributed by atoms with Crippen LogP contribution in [0, 0.1) is 5.92 Å². The molecule has 2 unspecified atom stereocenters. The van der Waals surface area contributed by atoms with Crippen molar-refractivity contribution in [2.24, 2.45) is 5.92 Å². The molecule has 5 heterocycles. The zero-order valence-electron chi connectivity index (χ0n) is 32.9. The molecule has 3 fully saturated rings. The minimum absolute atomic E-state index is 0.0588. The SMILES string of the molecule is CC(C)[Si](O)(O[Si](O[C@H]1[C@H]2OP(O)(=S)OC[C@H]3C[C@@H](Oc4ccncn4)C[C@@H]3OP(O)(=S)OC[C@H]1O[C@H]2n1nnc2c(=O)[nH]c(N)nc21)(C(C)C)C(C)C)C(C)C. The average Bonchev–Trinajstić information content (AvgIpc) is 3.80. The first kappa shape index (κ1) is 44.8. The molecular weight excluding hydrogens is 859 g/mol. The predicted octanol–water partition coefficient (Wildman–Crippen LogP) is 3.81. The number of H-pyrrole nitrogens is 1. The van der Waals surface area contributed by atoms with E-state index < -0.39 is 85.4 Å². The summed E-state index contributed by atoms with van der Waals surface area (Å²) in [5.74, 6) is -0.346. The van der Waals surface area contributed by atoms with Crippen molar-refractivity contribution in [2.45, 2.75) is 127 Å². The molecule has 1 saturated carbocycles. The van der Waals surface area contributed by atoms with E-state index in [0.717, 1.165) is 0 Å². The lowest BCUT2D eigenvalue weighted by Crippen LogP contribution is -2.62. The van der Waals surface area contributed by atoms with Crippen molar-refractivity contribution in [1.82, 2.24) is 34.9 Å². The van der Waals surface area contributed by atoms with Crippen molar-refractivity contribution in [3.05, 3.63) is 28.9 Å². The molecule has 9 atom stereocenters. The first-order chi connectivity index (χ1) is 26.6. The summed E-state index contributed by atoms with van der Waals surface area (Å²) in [5.41, 5.74) is 4.16. The van der Waals surface area contributed by atoms with Gasteiger partial charge in [-0.25, -0.2) is 9.97 Å². The predicted molar refractivity (Wildman–Crippen MR) is 218 cm³/mol. The zero-order chi connectivity index (χ0) is 41.7. The fraction of sp³-hybridized carbons (Fsp3) is 0.742. The molecule has 3 aromatic heterocycles. The van der Waals surface area contributed by atoms with E-state index in [9.17, 15) is 19.4 Å². The van der Waals surface area contributed by atoms with Crippen molar-refractivity contribution in [2.75, 3.05) is 18.9 Å². The number of anilines is 1. The first-order valence-corrected chi connectivity index (χ1v) is 27.9. The normalized spacial score (nSPS) is 31.8. The largest absolute Gasteiger partial charge is 0.474 e. The van der Waals surface area contributed by atoms with Gasteiger partial charge in [-0.05, 0) is 52.2 Å². The van der Waals surface area contributed by atoms with Crippen LogP contribution in [0.15, 0.2) is 23.4 Å². The fourth-order valence-electron chi connectivity index (χ4n) is 7.59. The molecular formula is C31H52N8O12P2S2Si2. The van der Waals surface area contributed by atoms with Gasteiger partial charge in [-0.3, -0.25) is 14.3 Å². The molecule has 2 saturated heterocycles. The lowest BCUT2D eigenvalue weighted by molar-refractivity contribution is -0.0572. The number of nitrogen functional groups attached to an aromatic ring is 1. The second-order valence-corrected chi connectivity index (χ2v) is 30.0. The van der Waals surface area contributed by atoms with Crippen LogP contribution in [-0.2, 0) is 55.0 Å². The van der Waals surface area contributed by atoms with Gasteiger partial charge >= 0.3 is 30.6 Å². The first-order valence-electron chi connectivity index (χ1n) is 18.7. The summed E-state index contributed by atoms with van der Waals surface area (Å²) in [7, 11) is -7.08. The molecule has 26 heteroatoms. The highest BCUT2D eigenvalue weighted by Gasteiger charge is 2.60. The second kappa shape index (κ2) is 17.3. The monoisotopic (exact) mass is 910 g/mol. The number of aromatic nitrogens is 7. The van der Waals surface area contributed by atoms with E-state index in [1.165, 1.54) is 11.0 Å². The van der Waals surface area contributed by atoms with Crippen LogP contribution in [0.25, 0.3) is 11.2 Å². The molecule has 3 aliphatic rings. The summed E-state index contributed by atoms with van der Waals surface area (Å²) >= 11 is 11.2. The Kier molecular flexibility index (Phi) is 13.6. The van der Waals surface area contributed by atoms with Crippen LogP contribution < -0.4 is 16.0 Å². The highest BCUT2D eigenvalue weighted by Crippen LogP contribution is 2.56. The quantitative estimate of drug-likeness (QED) is 0.135. The van der Waals surface area contributed by atoms with Gasteiger partial charge in [0, 0.05) is 24.6 Å². The van der Waals surface area contributed by atoms with Crippen LogP contribution in [0.2, 0.25) is 22.2 Å². The third-order valence-corrected chi connectivity index (χ3v) is 23.5. The third kappa shape index (κ3) is 9.61. The standard InChI is InChI=1S/C31H52N8O12P2S2Si2/c1-16(2)56(43,17(3)4)51-57(18(5)6,19(7)8)50-26-23-14-45-52(41,54)48-22-12-21(46-24-9-10-33-15-34-24)11-20(22)13-44-53(42,55)49-27(26)30(47-23)39-28-25(37-38-39)29(40)36-31(32)35-28/h9-10,15-23,26-27,30,43H,11-14H2,1-8H3,(H,41,54)(H,42,55)(H3,32,35,36,40)/t20-,21-,22+,23-,26-,27-,30-,52?,53?/m1/s1. The van der Waals surface area contributed by atoms with Crippen molar-refractivity contribution in [3.63, 3.8) is 0 Å². The molecule has 6 rings (SSSR count). The highest BCUT2D eigenvalue weighted by atomic mass is 32.5. The smallest absolute Gasteiger partial charge is 0.335 e. The summed E-state index contributed by atoms with van der Waals surface area (Å²) in [6, 6.07) is 1.62. The molecule has 2 aliphatic heterocycles. The summed E-state index contributed by atoms with van der Waals surface area (Å²) in [6.07, 6.45) is -2.61. The van der Waals surface area contributed by atoms with Crippen LogP contribution in [-0.4, -0.2) is 110 Å². The van der Waals surface area contributed by atoms with E-state index >= 15 is 0 Å². The lowest BCUT2D eigenvalue weighted by Gasteiger charge is -2.47. The van der Waals surface area contributed by atoms with E-state index in [-0.39, 0.29) is 52.3 Å². The summed E-state index contributed by atoms with van der Waals surface area (Å²) in [6.45, 7) is 6.74. The molecule has 0 radical (unpaired) electrons. The summed E-state index contributed by atoms with van der Waals surface area (Å²) in [4.78, 5) is 63.2. The van der Waals surface area contributed by atoms with Crippen LogP contribution >= 0.6 is 13.4 Å². The summed E-state index contributed by atoms with van der Waals surface area (Å²) < 4.78 is 52.7. The third-order valence-electron chi connectivity index (χ3n) is 10.6. The number of nitrogens with one attached hydrogen (secondary N) is 1. The number of hydrogen-bond donors (Lipinski definition) is 5. The molecule has 0 amide bonds. The van der Waals surface area contributed by atoms with Crippen molar-refractivity contribution in [3.8, 4) is 5.88 Å². The summed E-state index contributed by atoms with van der Waals surface area (Å²) in [5, 5.41) is 8.21. The molecule has 6 N–H and O–H groups in total. The van der Waals surface area contributed by atoms with Gasteiger partial charge in [0.15, 0.2) is 17.4 Å². The number of rotatable bonds is 11. The van der Waals surface area contributed by atoms with Gasteiger partial charge in [-0.2, -0.15) is 9.67 Å². The number of fused-ring (bicyclic) bond motifs is 4. The van der Waals surface area contributed by atoms with Crippen molar-refractivity contribution in [1.29, 1.82) is 0 Å². The van der Waals surface area contributed by atoms with E-state index in [1.54, 1.807) is 12.3 Å². The van der Waals surface area contributed by atoms with E-state index in [1.807, 2.05) is 55.4 Å². The second-order valence-electron chi connectivity index (χ2n) is 15.8. The van der Waals surface area contributed by atoms with E-state index in [4.69, 9.17) is 65.5 Å². The Morgan fingerprint density at radius 2 is 1.65 bits per heavy atom. The number of ether oxygens (including phenoxy) is 2. The number of aromatic amines is 1. The Hall–Kier alpha value is -1.71. The van der Waals surface area contributed by atoms with Gasteiger partial charge in [0.2, 0.25) is 11.8 Å². The lowest BCUT2D eigenvalue weighted by atomic mass is 10.1. The minimum Gasteiger partial charge on any atom is -0.474 e. The van der Waals surface area contributed by atoms with Crippen molar-refractivity contribution < 1.29 is 50.7 Å². The average molecular weight is 911 g/mol. The Bertz CT molecular complexity index is 2020. The van der Waals surface area contributed by atoms with Gasteiger partial charge in [-0.1, -0.05) is 60.6 Å². The molecule has 318 valence electrons. The van der Waals surface area contributed by atoms with Crippen LogP contribution in [0.5, 0.6) is 5.88 Å². The number of hydrogen-bond acceptors (Lipinski definition) is 18. The Labute approximate surface area is 342 Å². The molecule has 57 heavy (non-hydrogen) atoms. The highest BCUT2D eigenvalue weighted by molar-refractivity contribution is 8.07. The van der Waals surface area contributed by atoms with Gasteiger partial charge in [0.1, 0.15) is 30.7 Å². The van der Waals surface area contributed by atoms with Crippen LogP contribution in [0.1, 0.15) is 74.5 Å². The van der Waals surface area contributed by atoms with E-state index in [0.29, 0.717) is 12.3 Å². The van der Waals surface area contributed by atoms with Crippen LogP contribution in [0.3, 0.4) is 0 Å². The van der Waals surface area contributed by atoms with Gasteiger partial charge in [0.05, 0.1) is 19.3 Å². The maximum absolute atomic E-state index is 12.8. The molecule has 20 nitrogen and oxygen atoms in total.